The molecule has 1 saturated heterocycles. The van der Waals surface area contributed by atoms with Gasteiger partial charge >= 0.3 is 6.18 Å². The first-order valence-corrected chi connectivity index (χ1v) is 5.51. The van der Waals surface area contributed by atoms with Crippen LogP contribution in [-0.2, 0) is 11.6 Å². The van der Waals surface area contributed by atoms with Crippen molar-refractivity contribution in [1.82, 2.24) is 5.32 Å². The van der Waals surface area contributed by atoms with Crippen LogP contribution >= 0.6 is 0 Å². The summed E-state index contributed by atoms with van der Waals surface area (Å²) in [5, 5.41) is 3.10. The molecular weight excluding hydrogens is 234 g/mol. The molecule has 1 nitrogen and oxygen atoms in total. The number of hydrogen-bond acceptors (Lipinski definition) is 1. The molecule has 0 unspecified atom stereocenters. The predicted molar refractivity (Wildman–Crippen MR) is 54.1 cm³/mol. The SMILES string of the molecule is Fc1ccc(C(F)(F)F)cc1[C@@]12CNC[C@@H]1C2. The number of fused-ring (bicyclic) bond motifs is 1. The predicted octanol–water partition coefficient (Wildman–Crippen LogP) is 2.71. The molecule has 5 heteroatoms. The summed E-state index contributed by atoms with van der Waals surface area (Å²) in [7, 11) is 0. The zero-order valence-electron chi connectivity index (χ0n) is 8.94. The summed E-state index contributed by atoms with van der Waals surface area (Å²) in [6.07, 6.45) is -3.62. The van der Waals surface area contributed by atoms with Gasteiger partial charge in [-0.15, -0.1) is 0 Å². The molecular formula is C12H11F4N. The molecule has 2 aliphatic rings. The Kier molecular flexibility index (Phi) is 2.09. The molecule has 0 amide bonds. The normalized spacial score (nSPS) is 31.4. The Balaban J connectivity index is 2.05. The van der Waals surface area contributed by atoms with Gasteiger partial charge < -0.3 is 5.32 Å². The quantitative estimate of drug-likeness (QED) is 0.750. The third kappa shape index (κ3) is 1.56. The summed E-state index contributed by atoms with van der Waals surface area (Å²) in [5.74, 6) is -0.232. The summed E-state index contributed by atoms with van der Waals surface area (Å²) >= 11 is 0. The lowest BCUT2D eigenvalue weighted by Gasteiger charge is -2.16. The molecule has 1 aromatic rings. The average Bonchev–Trinajstić information content (AvgIpc) is 2.80. The zero-order valence-corrected chi connectivity index (χ0v) is 8.94. The topological polar surface area (TPSA) is 12.0 Å². The Morgan fingerprint density at radius 1 is 1.29 bits per heavy atom. The van der Waals surface area contributed by atoms with Crippen molar-refractivity contribution in [3.05, 3.63) is 35.1 Å². The van der Waals surface area contributed by atoms with Crippen LogP contribution in [-0.4, -0.2) is 13.1 Å². The molecule has 92 valence electrons. The van der Waals surface area contributed by atoms with Gasteiger partial charge in [-0.3, -0.25) is 0 Å². The van der Waals surface area contributed by atoms with Crippen LogP contribution in [0.15, 0.2) is 18.2 Å². The Morgan fingerprint density at radius 3 is 2.59 bits per heavy atom. The van der Waals surface area contributed by atoms with E-state index in [9.17, 15) is 17.6 Å². The van der Waals surface area contributed by atoms with Gasteiger partial charge in [-0.05, 0) is 42.6 Å². The Morgan fingerprint density at radius 2 is 2.06 bits per heavy atom. The van der Waals surface area contributed by atoms with E-state index < -0.39 is 17.6 Å². The van der Waals surface area contributed by atoms with Gasteiger partial charge in [-0.25, -0.2) is 4.39 Å². The molecule has 3 rings (SSSR count). The van der Waals surface area contributed by atoms with Crippen LogP contribution in [0.25, 0.3) is 0 Å². The molecule has 17 heavy (non-hydrogen) atoms. The summed E-state index contributed by atoms with van der Waals surface area (Å²) in [6.45, 7) is 1.35. The number of benzene rings is 1. The van der Waals surface area contributed by atoms with E-state index in [1.165, 1.54) is 0 Å². The Hall–Kier alpha value is -1.10. The second-order valence-electron chi connectivity index (χ2n) is 4.88. The van der Waals surface area contributed by atoms with E-state index in [1.807, 2.05) is 0 Å². The number of alkyl halides is 3. The van der Waals surface area contributed by atoms with Gasteiger partial charge in [0.15, 0.2) is 0 Å². The summed E-state index contributed by atoms with van der Waals surface area (Å²) in [5.41, 5.74) is -0.922. The first-order chi connectivity index (χ1) is 7.93. The highest BCUT2D eigenvalue weighted by atomic mass is 19.4. The molecule has 0 radical (unpaired) electrons. The van der Waals surface area contributed by atoms with Crippen molar-refractivity contribution in [2.45, 2.75) is 18.0 Å². The number of nitrogens with one attached hydrogen (secondary N) is 1. The summed E-state index contributed by atoms with van der Waals surface area (Å²) in [4.78, 5) is 0. The van der Waals surface area contributed by atoms with Crippen LogP contribution in [0.2, 0.25) is 0 Å². The smallest absolute Gasteiger partial charge is 0.316 e. The highest BCUT2D eigenvalue weighted by Crippen LogP contribution is 2.57. The van der Waals surface area contributed by atoms with Gasteiger partial charge in [-0.1, -0.05) is 0 Å². The van der Waals surface area contributed by atoms with Crippen molar-refractivity contribution >= 4 is 0 Å². The molecule has 1 saturated carbocycles. The minimum absolute atomic E-state index is 0.224. The lowest BCUT2D eigenvalue weighted by Crippen LogP contribution is -2.21. The maximum absolute atomic E-state index is 13.7. The fraction of sp³-hybridized carbons (Fsp3) is 0.500. The number of piperidine rings is 1. The first kappa shape index (κ1) is 11.0. The van der Waals surface area contributed by atoms with Crippen LogP contribution in [0.4, 0.5) is 17.6 Å². The van der Waals surface area contributed by atoms with E-state index in [1.54, 1.807) is 0 Å². The van der Waals surface area contributed by atoms with Crippen LogP contribution < -0.4 is 5.32 Å². The van der Waals surface area contributed by atoms with Gasteiger partial charge in [0.05, 0.1) is 5.56 Å². The Labute approximate surface area is 95.8 Å². The molecule has 0 aromatic heterocycles. The molecule has 1 aromatic carbocycles. The third-order valence-corrected chi connectivity index (χ3v) is 3.89. The van der Waals surface area contributed by atoms with E-state index in [2.05, 4.69) is 5.32 Å². The van der Waals surface area contributed by atoms with E-state index in [0.29, 0.717) is 12.5 Å². The second kappa shape index (κ2) is 3.22. The second-order valence-corrected chi connectivity index (χ2v) is 4.88. The van der Waals surface area contributed by atoms with Gasteiger partial charge in [-0.2, -0.15) is 13.2 Å². The van der Waals surface area contributed by atoms with Crippen molar-refractivity contribution in [1.29, 1.82) is 0 Å². The van der Waals surface area contributed by atoms with Crippen molar-refractivity contribution in [3.8, 4) is 0 Å². The molecule has 1 heterocycles. The largest absolute Gasteiger partial charge is 0.416 e. The van der Waals surface area contributed by atoms with Gasteiger partial charge in [0.1, 0.15) is 5.82 Å². The minimum Gasteiger partial charge on any atom is -0.316 e. The monoisotopic (exact) mass is 245 g/mol. The number of rotatable bonds is 1. The summed E-state index contributed by atoms with van der Waals surface area (Å²) < 4.78 is 51.4. The van der Waals surface area contributed by atoms with Crippen LogP contribution in [0.1, 0.15) is 17.5 Å². The van der Waals surface area contributed by atoms with E-state index in [-0.39, 0.29) is 11.0 Å². The van der Waals surface area contributed by atoms with Gasteiger partial charge in [0.2, 0.25) is 0 Å². The molecule has 2 atom stereocenters. The van der Waals surface area contributed by atoms with Crippen molar-refractivity contribution in [3.63, 3.8) is 0 Å². The summed E-state index contributed by atoms with van der Waals surface area (Å²) in [6, 6.07) is 2.71. The zero-order chi connectivity index (χ0) is 12.3. The van der Waals surface area contributed by atoms with E-state index in [4.69, 9.17) is 0 Å². The van der Waals surface area contributed by atoms with Gasteiger partial charge in [0.25, 0.3) is 0 Å². The van der Waals surface area contributed by atoms with Crippen molar-refractivity contribution in [2.75, 3.05) is 13.1 Å². The standard InChI is InChI=1S/C12H11F4N/c13-10-2-1-7(12(14,15)16)3-9(10)11-4-8(11)5-17-6-11/h1-3,8,17H,4-6H2/t8-,11-/m0/s1. The van der Waals surface area contributed by atoms with Crippen molar-refractivity contribution < 1.29 is 17.6 Å². The van der Waals surface area contributed by atoms with E-state index >= 15 is 0 Å². The first-order valence-electron chi connectivity index (χ1n) is 5.51. The molecule has 1 N–H and O–H groups in total. The maximum Gasteiger partial charge on any atom is 0.416 e. The number of halogens is 4. The lowest BCUT2D eigenvalue weighted by atomic mass is 9.93. The molecule has 1 aliphatic heterocycles. The van der Waals surface area contributed by atoms with Crippen LogP contribution in [0.3, 0.4) is 0 Å². The lowest BCUT2D eigenvalue weighted by molar-refractivity contribution is -0.137. The van der Waals surface area contributed by atoms with Gasteiger partial charge in [0, 0.05) is 12.0 Å². The minimum atomic E-state index is -4.41. The Bertz CT molecular complexity index is 468. The van der Waals surface area contributed by atoms with Crippen molar-refractivity contribution in [2.24, 2.45) is 5.92 Å². The maximum atomic E-state index is 13.7. The highest BCUT2D eigenvalue weighted by Gasteiger charge is 2.59. The fourth-order valence-corrected chi connectivity index (χ4v) is 2.84. The molecule has 0 bridgehead atoms. The third-order valence-electron chi connectivity index (χ3n) is 3.89. The number of hydrogen-bond donors (Lipinski definition) is 1. The fourth-order valence-electron chi connectivity index (χ4n) is 2.84. The molecule has 2 fully saturated rings. The molecule has 0 spiro atoms. The molecule has 1 aliphatic carbocycles. The van der Waals surface area contributed by atoms with Crippen LogP contribution in [0.5, 0.6) is 0 Å². The average molecular weight is 245 g/mol. The van der Waals surface area contributed by atoms with E-state index in [0.717, 1.165) is 31.2 Å². The highest BCUT2D eigenvalue weighted by molar-refractivity contribution is 5.41. The van der Waals surface area contributed by atoms with Crippen LogP contribution in [0, 0.1) is 11.7 Å².